The number of anilines is 2. The number of rotatable bonds is 9. The highest BCUT2D eigenvalue weighted by molar-refractivity contribution is 7.92. The van der Waals surface area contributed by atoms with E-state index in [4.69, 9.17) is 4.74 Å². The molecule has 1 aliphatic rings. The van der Waals surface area contributed by atoms with Gasteiger partial charge in [-0.05, 0) is 17.7 Å². The molecule has 0 aromatic heterocycles. The van der Waals surface area contributed by atoms with Crippen molar-refractivity contribution in [3.63, 3.8) is 0 Å². The second-order valence-corrected chi connectivity index (χ2v) is 10.0. The number of ether oxygens (including phenoxy) is 1. The number of allylic oxidation sites excluding steroid dienone is 2. The largest absolute Gasteiger partial charge is 0.487 e. The summed E-state index contributed by atoms with van der Waals surface area (Å²) in [5, 5.41) is 0. The van der Waals surface area contributed by atoms with Gasteiger partial charge in [-0.25, -0.2) is 21.8 Å². The van der Waals surface area contributed by atoms with Crippen molar-refractivity contribution >= 4 is 37.5 Å². The zero-order valence-electron chi connectivity index (χ0n) is 19.2. The third-order valence-electron chi connectivity index (χ3n) is 4.39. The second-order valence-electron chi connectivity index (χ2n) is 6.73. The predicted octanol–water partition coefficient (Wildman–Crippen LogP) is 3.51. The Morgan fingerprint density at radius 2 is 1.89 bits per heavy atom. The van der Waals surface area contributed by atoms with Crippen molar-refractivity contribution in [2.24, 2.45) is 0 Å². The number of halogens is 1. The van der Waals surface area contributed by atoms with Crippen molar-refractivity contribution in [2.45, 2.75) is 18.7 Å². The fraction of sp³-hybridized carbons (Fsp3) is 0.174. The van der Waals surface area contributed by atoms with Crippen LogP contribution in [0.25, 0.3) is 0 Å². The molecule has 1 amide bonds. The molecule has 1 fully saturated rings. The standard InChI is InChI=1S/C21H20FN3O6S2.C2H6/c1-3-8-15(4-2)14-31-19-12-16(23-32(27,28)17-9-6-5-7-10-17)11-18(22)21(19)25-13-20(26)24-33(25,29)30;1-2/h3-12,23H,1-2,13-14H2,(H,24,26);1-2H3/b15-8+;. The zero-order valence-corrected chi connectivity index (χ0v) is 20.8. The van der Waals surface area contributed by atoms with Crippen LogP contribution in [0.15, 0.2) is 84.3 Å². The van der Waals surface area contributed by atoms with Crippen LogP contribution in [-0.2, 0) is 25.0 Å². The van der Waals surface area contributed by atoms with Crippen molar-refractivity contribution in [2.75, 3.05) is 22.2 Å². The van der Waals surface area contributed by atoms with Crippen LogP contribution >= 0.6 is 0 Å². The highest BCUT2D eigenvalue weighted by Gasteiger charge is 2.38. The van der Waals surface area contributed by atoms with Crippen molar-refractivity contribution in [1.82, 2.24) is 4.72 Å². The van der Waals surface area contributed by atoms with Crippen LogP contribution in [-0.4, -0.2) is 35.9 Å². The summed E-state index contributed by atoms with van der Waals surface area (Å²) in [7, 11) is -8.42. The third kappa shape index (κ3) is 6.70. The monoisotopic (exact) mass is 523 g/mol. The second kappa shape index (κ2) is 11.7. The highest BCUT2D eigenvalue weighted by Crippen LogP contribution is 2.38. The molecule has 0 saturated carbocycles. The van der Waals surface area contributed by atoms with E-state index < -0.39 is 44.2 Å². The van der Waals surface area contributed by atoms with Crippen molar-refractivity contribution in [3.8, 4) is 5.75 Å². The molecule has 9 nitrogen and oxygen atoms in total. The summed E-state index contributed by atoms with van der Waals surface area (Å²) in [6.45, 7) is 10.4. The van der Waals surface area contributed by atoms with Crippen LogP contribution in [0.3, 0.4) is 0 Å². The van der Waals surface area contributed by atoms with E-state index in [1.807, 2.05) is 13.8 Å². The Morgan fingerprint density at radius 3 is 2.43 bits per heavy atom. The molecule has 1 heterocycles. The lowest BCUT2D eigenvalue weighted by molar-refractivity contribution is -0.117. The number of carbonyl (C=O) groups is 1. The Labute approximate surface area is 204 Å². The smallest absolute Gasteiger partial charge is 0.326 e. The number of benzene rings is 2. The first kappa shape index (κ1) is 27.6. The summed E-state index contributed by atoms with van der Waals surface area (Å²) >= 11 is 0. The van der Waals surface area contributed by atoms with Gasteiger partial charge in [0.1, 0.15) is 24.6 Å². The maximum atomic E-state index is 15.2. The number of hydrogen-bond donors (Lipinski definition) is 2. The van der Waals surface area contributed by atoms with Crippen molar-refractivity contribution in [3.05, 3.63) is 85.2 Å². The zero-order chi connectivity index (χ0) is 26.2. The van der Waals surface area contributed by atoms with Gasteiger partial charge in [-0.3, -0.25) is 9.52 Å². The average Bonchev–Trinajstić information content (AvgIpc) is 3.09. The number of hydrogen-bond acceptors (Lipinski definition) is 6. The van der Waals surface area contributed by atoms with Gasteiger partial charge in [0.05, 0.1) is 10.6 Å². The summed E-state index contributed by atoms with van der Waals surface area (Å²) in [6, 6.07) is 9.33. The lowest BCUT2D eigenvalue weighted by Crippen LogP contribution is -2.30. The molecule has 35 heavy (non-hydrogen) atoms. The lowest BCUT2D eigenvalue weighted by Gasteiger charge is -2.21. The van der Waals surface area contributed by atoms with Crippen LogP contribution in [0.4, 0.5) is 15.8 Å². The molecule has 12 heteroatoms. The molecule has 2 N–H and O–H groups in total. The minimum absolute atomic E-state index is 0.0586. The van der Waals surface area contributed by atoms with Gasteiger partial charge >= 0.3 is 10.2 Å². The van der Waals surface area contributed by atoms with Gasteiger partial charge in [0.2, 0.25) is 0 Å². The van der Waals surface area contributed by atoms with E-state index >= 15 is 4.39 Å². The first-order valence-corrected chi connectivity index (χ1v) is 13.3. The third-order valence-corrected chi connectivity index (χ3v) is 7.17. The van der Waals surface area contributed by atoms with Crippen molar-refractivity contribution < 1.29 is 30.8 Å². The van der Waals surface area contributed by atoms with E-state index in [0.29, 0.717) is 9.88 Å². The maximum absolute atomic E-state index is 15.2. The topological polar surface area (TPSA) is 122 Å². The van der Waals surface area contributed by atoms with Crippen LogP contribution in [0.5, 0.6) is 5.75 Å². The molecule has 3 rings (SSSR count). The van der Waals surface area contributed by atoms with Crippen LogP contribution in [0.2, 0.25) is 0 Å². The van der Waals surface area contributed by atoms with Gasteiger partial charge < -0.3 is 4.74 Å². The molecule has 0 atom stereocenters. The first-order valence-electron chi connectivity index (χ1n) is 10.4. The average molecular weight is 524 g/mol. The van der Waals surface area contributed by atoms with E-state index in [-0.39, 0.29) is 22.9 Å². The number of carbonyl (C=O) groups excluding carboxylic acids is 1. The number of amides is 1. The number of nitrogens with one attached hydrogen (secondary N) is 2. The molecular weight excluding hydrogens is 497 g/mol. The fourth-order valence-corrected chi connectivity index (χ4v) is 5.16. The van der Waals surface area contributed by atoms with Gasteiger partial charge in [-0.2, -0.15) is 8.42 Å². The summed E-state index contributed by atoms with van der Waals surface area (Å²) in [6.07, 6.45) is 4.50. The van der Waals surface area contributed by atoms with Gasteiger partial charge in [0.25, 0.3) is 15.9 Å². The Bertz CT molecular complexity index is 1340. The van der Waals surface area contributed by atoms with Crippen molar-refractivity contribution in [1.29, 1.82) is 0 Å². The minimum atomic E-state index is -4.36. The van der Waals surface area contributed by atoms with Gasteiger partial charge in [-0.15, -0.1) is 0 Å². The molecule has 2 aromatic rings. The van der Waals surface area contributed by atoms with E-state index in [9.17, 15) is 21.6 Å². The number of nitrogens with zero attached hydrogens (tertiary/aromatic N) is 1. The normalized spacial score (nSPS) is 14.9. The molecule has 0 unspecified atom stereocenters. The summed E-state index contributed by atoms with van der Waals surface area (Å²) in [4.78, 5) is 11.6. The lowest BCUT2D eigenvalue weighted by atomic mass is 10.2. The number of sulfonamides is 1. The Kier molecular flexibility index (Phi) is 9.20. The summed E-state index contributed by atoms with van der Waals surface area (Å²) in [5.74, 6) is -2.28. The fourth-order valence-electron chi connectivity index (χ4n) is 2.93. The minimum Gasteiger partial charge on any atom is -0.487 e. The molecule has 1 aliphatic heterocycles. The summed E-state index contributed by atoms with van der Waals surface area (Å²) < 4.78 is 75.1. The Balaban J connectivity index is 0.00000210. The molecule has 1 saturated heterocycles. The Hall–Kier alpha value is -3.64. The molecule has 188 valence electrons. The molecule has 2 aromatic carbocycles. The SMILES string of the molecule is C=C/C=C(\C=C)COc1cc(NS(=O)(=O)c2ccccc2)cc(F)c1N1CC(=O)NS1(=O)=O.CC. The predicted molar refractivity (Wildman–Crippen MR) is 133 cm³/mol. The van der Waals surface area contributed by atoms with Gasteiger partial charge in [0, 0.05) is 12.1 Å². The van der Waals surface area contributed by atoms with Gasteiger partial charge in [0.15, 0.2) is 5.82 Å². The quantitative estimate of drug-likeness (QED) is 0.485. The molecule has 0 radical (unpaired) electrons. The summed E-state index contributed by atoms with van der Waals surface area (Å²) in [5.41, 5.74) is -0.220. The van der Waals surface area contributed by atoms with E-state index in [2.05, 4.69) is 17.9 Å². The molecule has 0 bridgehead atoms. The molecule has 0 spiro atoms. The molecular formula is C23H26FN3O6S2. The van der Waals surface area contributed by atoms with Crippen LogP contribution < -0.4 is 18.5 Å². The maximum Gasteiger partial charge on any atom is 0.326 e. The van der Waals surface area contributed by atoms with Crippen LogP contribution in [0.1, 0.15) is 13.8 Å². The Morgan fingerprint density at radius 1 is 1.23 bits per heavy atom. The highest BCUT2D eigenvalue weighted by atomic mass is 32.2. The van der Waals surface area contributed by atoms with E-state index in [1.165, 1.54) is 36.4 Å². The first-order chi connectivity index (χ1) is 16.6. The van der Waals surface area contributed by atoms with Gasteiger partial charge in [-0.1, -0.05) is 63.4 Å². The van der Waals surface area contributed by atoms with E-state index in [0.717, 1.165) is 12.1 Å². The molecule has 0 aliphatic carbocycles. The van der Waals surface area contributed by atoms with Crippen LogP contribution in [0, 0.1) is 5.82 Å². The van der Waals surface area contributed by atoms with E-state index in [1.54, 1.807) is 16.9 Å².